The summed E-state index contributed by atoms with van der Waals surface area (Å²) in [4.78, 5) is 28.3. The molecule has 7 heteroatoms. The Morgan fingerprint density at radius 2 is 1.69 bits per heavy atom. The van der Waals surface area contributed by atoms with Crippen LogP contribution in [0.1, 0.15) is 34.3 Å². The van der Waals surface area contributed by atoms with E-state index in [0.717, 1.165) is 16.6 Å². The Bertz CT molecular complexity index is 1310. The van der Waals surface area contributed by atoms with Crippen LogP contribution in [0, 0.1) is 0 Å². The van der Waals surface area contributed by atoms with Gasteiger partial charge in [-0.2, -0.15) is 0 Å². The van der Waals surface area contributed by atoms with Crippen LogP contribution in [0.15, 0.2) is 66.7 Å². The molecule has 0 radical (unpaired) electrons. The fourth-order valence-electron chi connectivity index (χ4n) is 4.40. The number of amides is 1. The molecule has 5 rings (SSSR count). The van der Waals surface area contributed by atoms with Gasteiger partial charge < -0.3 is 14.4 Å². The van der Waals surface area contributed by atoms with Crippen molar-refractivity contribution in [1.29, 1.82) is 0 Å². The average molecular weight is 427 g/mol. The summed E-state index contributed by atoms with van der Waals surface area (Å²) < 4.78 is 7.41. The molecule has 3 aromatic carbocycles. The van der Waals surface area contributed by atoms with Crippen molar-refractivity contribution in [2.75, 3.05) is 11.9 Å². The number of aryl methyl sites for hydroxylation is 1. The van der Waals surface area contributed by atoms with Crippen molar-refractivity contribution in [3.63, 3.8) is 0 Å². The predicted molar refractivity (Wildman–Crippen MR) is 121 cm³/mol. The molecule has 0 saturated heterocycles. The third-order valence-corrected chi connectivity index (χ3v) is 5.87. The third-order valence-electron chi connectivity index (χ3n) is 5.87. The molecule has 4 aromatic rings. The lowest BCUT2D eigenvalue weighted by molar-refractivity contribution is 0.0697. The van der Waals surface area contributed by atoms with Crippen LogP contribution < -0.4 is 5.32 Å². The normalized spacial score (nSPS) is 12.4. The molecular formula is C25H21N3O4. The van der Waals surface area contributed by atoms with E-state index in [4.69, 9.17) is 4.74 Å². The summed E-state index contributed by atoms with van der Waals surface area (Å²) in [5.74, 6) is -0.734. The number of aromatic nitrogens is 2. The van der Waals surface area contributed by atoms with Crippen LogP contribution in [0.4, 0.5) is 10.7 Å². The Morgan fingerprint density at radius 3 is 2.31 bits per heavy atom. The van der Waals surface area contributed by atoms with E-state index in [1.165, 1.54) is 23.3 Å². The number of aromatic carboxylic acids is 1. The molecule has 7 nitrogen and oxygen atoms in total. The summed E-state index contributed by atoms with van der Waals surface area (Å²) in [6.07, 6.45) is -0.602. The molecule has 1 aliphatic carbocycles. The predicted octanol–water partition coefficient (Wildman–Crippen LogP) is 5.12. The van der Waals surface area contributed by atoms with Gasteiger partial charge in [0.15, 0.2) is 0 Å². The van der Waals surface area contributed by atoms with Crippen LogP contribution >= 0.6 is 0 Å². The van der Waals surface area contributed by atoms with Gasteiger partial charge >= 0.3 is 12.1 Å². The van der Waals surface area contributed by atoms with Gasteiger partial charge in [0.2, 0.25) is 5.95 Å². The Morgan fingerprint density at radius 1 is 1.03 bits per heavy atom. The number of fused-ring (bicyclic) bond motifs is 4. The van der Waals surface area contributed by atoms with Crippen molar-refractivity contribution >= 4 is 29.0 Å². The summed E-state index contributed by atoms with van der Waals surface area (Å²) in [5, 5.41) is 11.9. The van der Waals surface area contributed by atoms with Crippen molar-refractivity contribution in [3.05, 3.63) is 83.4 Å². The Labute approximate surface area is 184 Å². The van der Waals surface area contributed by atoms with Gasteiger partial charge in [-0.1, -0.05) is 48.5 Å². The molecular weight excluding hydrogens is 406 g/mol. The lowest BCUT2D eigenvalue weighted by atomic mass is 9.98. The largest absolute Gasteiger partial charge is 0.478 e. The van der Waals surface area contributed by atoms with Crippen molar-refractivity contribution < 1.29 is 19.4 Å². The number of carbonyl (C=O) groups excluding carboxylic acids is 1. The monoisotopic (exact) mass is 427 g/mol. The Kier molecular flexibility index (Phi) is 4.86. The smallest absolute Gasteiger partial charge is 0.414 e. The van der Waals surface area contributed by atoms with Crippen molar-refractivity contribution in [1.82, 2.24) is 9.55 Å². The van der Waals surface area contributed by atoms with Crippen LogP contribution in [-0.2, 0) is 11.3 Å². The fraction of sp³-hybridized carbons (Fsp3) is 0.160. The van der Waals surface area contributed by atoms with Crippen molar-refractivity contribution in [2.24, 2.45) is 0 Å². The number of carbonyl (C=O) groups is 2. The van der Waals surface area contributed by atoms with Gasteiger partial charge in [0.05, 0.1) is 16.6 Å². The molecule has 1 aliphatic rings. The first-order valence-corrected chi connectivity index (χ1v) is 10.4. The molecule has 1 amide bonds. The van der Waals surface area contributed by atoms with Crippen LogP contribution in [0.5, 0.6) is 0 Å². The minimum absolute atomic E-state index is 0.0312. The zero-order valence-electron chi connectivity index (χ0n) is 17.4. The highest BCUT2D eigenvalue weighted by Crippen LogP contribution is 2.44. The van der Waals surface area contributed by atoms with Crippen LogP contribution in [0.25, 0.3) is 22.2 Å². The van der Waals surface area contributed by atoms with Gasteiger partial charge in [-0.05, 0) is 47.4 Å². The molecule has 0 spiro atoms. The first kappa shape index (κ1) is 19.8. The van der Waals surface area contributed by atoms with E-state index in [2.05, 4.69) is 34.6 Å². The molecule has 0 unspecified atom stereocenters. The summed E-state index contributed by atoms with van der Waals surface area (Å²) in [7, 11) is 0. The number of carboxylic acid groups (broad SMARTS) is 1. The zero-order chi connectivity index (χ0) is 22.2. The number of carboxylic acids is 1. The van der Waals surface area contributed by atoms with Crippen molar-refractivity contribution in [2.45, 2.75) is 19.4 Å². The maximum absolute atomic E-state index is 12.6. The summed E-state index contributed by atoms with van der Waals surface area (Å²) in [6, 6.07) is 21.0. The number of ether oxygens (including phenoxy) is 1. The maximum atomic E-state index is 12.6. The quantitative estimate of drug-likeness (QED) is 0.461. The standard InChI is InChI=1S/C25H21N3O4/c1-2-28-22-12-11-15(23(29)30)13-21(22)26-24(28)27-25(31)32-14-20-18-9-5-3-7-16(18)17-8-4-6-10-19(17)20/h3-13,20H,2,14H2,1H3,(H,29,30)(H,26,27,31). The molecule has 0 bridgehead atoms. The topological polar surface area (TPSA) is 93.5 Å². The summed E-state index contributed by atoms with van der Waals surface area (Å²) in [5.41, 5.74) is 6.00. The number of imidazole rings is 1. The number of nitrogens with zero attached hydrogens (tertiary/aromatic N) is 2. The minimum atomic E-state index is -1.02. The molecule has 0 saturated carbocycles. The number of rotatable bonds is 5. The zero-order valence-corrected chi connectivity index (χ0v) is 17.4. The Balaban J connectivity index is 1.36. The molecule has 1 heterocycles. The van der Waals surface area contributed by atoms with Gasteiger partial charge in [0.1, 0.15) is 6.61 Å². The summed E-state index contributed by atoms with van der Waals surface area (Å²) >= 11 is 0. The molecule has 1 aromatic heterocycles. The van der Waals surface area contributed by atoms with E-state index in [1.54, 1.807) is 6.07 Å². The SMILES string of the molecule is CCn1c(NC(=O)OCC2c3ccccc3-c3ccccc32)nc2cc(C(=O)O)ccc21. The first-order valence-electron chi connectivity index (χ1n) is 10.4. The molecule has 0 fully saturated rings. The molecule has 32 heavy (non-hydrogen) atoms. The van der Waals surface area contributed by atoms with E-state index in [-0.39, 0.29) is 18.1 Å². The van der Waals surface area contributed by atoms with Gasteiger partial charge in [-0.3, -0.25) is 5.32 Å². The maximum Gasteiger partial charge on any atom is 0.414 e. The second-order valence-electron chi connectivity index (χ2n) is 7.64. The fourth-order valence-corrected chi connectivity index (χ4v) is 4.40. The lowest BCUT2D eigenvalue weighted by Gasteiger charge is -2.14. The number of hydrogen-bond acceptors (Lipinski definition) is 4. The average Bonchev–Trinajstić information content (AvgIpc) is 3.31. The molecule has 0 aliphatic heterocycles. The molecule has 2 N–H and O–H groups in total. The van der Waals surface area contributed by atoms with E-state index in [0.29, 0.717) is 18.0 Å². The number of nitrogens with one attached hydrogen (secondary N) is 1. The van der Waals surface area contributed by atoms with E-state index in [9.17, 15) is 14.7 Å². The van der Waals surface area contributed by atoms with Crippen LogP contribution in [0.2, 0.25) is 0 Å². The van der Waals surface area contributed by atoms with Gasteiger partial charge in [0.25, 0.3) is 0 Å². The number of hydrogen-bond donors (Lipinski definition) is 2. The Hall–Kier alpha value is -4.13. The summed E-state index contributed by atoms with van der Waals surface area (Å²) in [6.45, 7) is 2.69. The van der Waals surface area contributed by atoms with Gasteiger partial charge in [-0.25, -0.2) is 14.6 Å². The highest BCUT2D eigenvalue weighted by atomic mass is 16.5. The number of benzene rings is 3. The van der Waals surface area contributed by atoms with E-state index in [1.807, 2.05) is 35.8 Å². The van der Waals surface area contributed by atoms with Gasteiger partial charge in [-0.15, -0.1) is 0 Å². The highest BCUT2D eigenvalue weighted by molar-refractivity contribution is 5.94. The van der Waals surface area contributed by atoms with Crippen LogP contribution in [-0.4, -0.2) is 33.3 Å². The third kappa shape index (κ3) is 3.28. The highest BCUT2D eigenvalue weighted by Gasteiger charge is 2.29. The molecule has 160 valence electrons. The van der Waals surface area contributed by atoms with E-state index >= 15 is 0 Å². The lowest BCUT2D eigenvalue weighted by Crippen LogP contribution is -2.20. The number of anilines is 1. The van der Waals surface area contributed by atoms with Crippen LogP contribution in [0.3, 0.4) is 0 Å². The second kappa shape index (κ2) is 7.85. The minimum Gasteiger partial charge on any atom is -0.478 e. The van der Waals surface area contributed by atoms with Gasteiger partial charge in [0, 0.05) is 12.5 Å². The van der Waals surface area contributed by atoms with E-state index < -0.39 is 12.1 Å². The first-order chi connectivity index (χ1) is 15.6. The van der Waals surface area contributed by atoms with Crippen molar-refractivity contribution in [3.8, 4) is 11.1 Å². The second-order valence-corrected chi connectivity index (χ2v) is 7.64. The molecule has 0 atom stereocenters.